The number of hydrogen-bond acceptors (Lipinski definition) is 3. The van der Waals surface area contributed by atoms with Gasteiger partial charge in [-0.1, -0.05) is 13.0 Å². The summed E-state index contributed by atoms with van der Waals surface area (Å²) in [5.41, 5.74) is 1.96. The maximum Gasteiger partial charge on any atom is 0.220 e. The first-order chi connectivity index (χ1) is 11.6. The van der Waals surface area contributed by atoms with E-state index in [9.17, 15) is 4.79 Å². The van der Waals surface area contributed by atoms with E-state index in [1.165, 1.54) is 5.56 Å². The second-order valence-electron chi connectivity index (χ2n) is 6.77. The Hall–Kier alpha value is -2.23. The zero-order valence-corrected chi connectivity index (χ0v) is 14.6. The summed E-state index contributed by atoms with van der Waals surface area (Å²) >= 11 is 0. The average Bonchev–Trinajstić information content (AvgIpc) is 3.09. The van der Waals surface area contributed by atoms with Gasteiger partial charge in [-0.15, -0.1) is 0 Å². The molecule has 1 aliphatic rings. The number of amides is 1. The number of carbonyl (C=O) groups is 1. The Morgan fingerprint density at radius 2 is 2.25 bits per heavy atom. The SMILES string of the molecule is CCCC(=O)NC1(C)CC(c2ccco2)Cc2ccc(OC)cc21. The van der Waals surface area contributed by atoms with Crippen LogP contribution in [-0.2, 0) is 16.8 Å². The van der Waals surface area contributed by atoms with Crippen molar-refractivity contribution in [2.45, 2.75) is 51.0 Å². The molecule has 2 unspecified atom stereocenters. The lowest BCUT2D eigenvalue weighted by Crippen LogP contribution is -2.47. The van der Waals surface area contributed by atoms with E-state index in [-0.39, 0.29) is 11.8 Å². The predicted molar refractivity (Wildman–Crippen MR) is 93.2 cm³/mol. The topological polar surface area (TPSA) is 51.5 Å². The first-order valence-corrected chi connectivity index (χ1v) is 8.57. The van der Waals surface area contributed by atoms with Crippen LogP contribution in [0.5, 0.6) is 5.75 Å². The Kier molecular flexibility index (Phi) is 4.65. The van der Waals surface area contributed by atoms with Crippen molar-refractivity contribution in [2.75, 3.05) is 7.11 Å². The smallest absolute Gasteiger partial charge is 0.220 e. The molecule has 0 radical (unpaired) electrons. The molecule has 128 valence electrons. The standard InChI is InChI=1S/C20H25NO3/c1-4-6-19(22)21-20(2)13-15(18-7-5-10-24-18)11-14-8-9-16(23-3)12-17(14)20/h5,7-10,12,15H,4,6,11,13H2,1-3H3,(H,21,22). The average molecular weight is 327 g/mol. The lowest BCUT2D eigenvalue weighted by molar-refractivity contribution is -0.123. The van der Waals surface area contributed by atoms with E-state index in [4.69, 9.17) is 9.15 Å². The van der Waals surface area contributed by atoms with Crippen molar-refractivity contribution in [3.05, 3.63) is 53.5 Å². The Morgan fingerprint density at radius 3 is 2.92 bits per heavy atom. The zero-order valence-electron chi connectivity index (χ0n) is 14.6. The molecule has 1 aromatic carbocycles. The largest absolute Gasteiger partial charge is 0.497 e. The Labute approximate surface area is 143 Å². The van der Waals surface area contributed by atoms with Crippen molar-refractivity contribution >= 4 is 5.91 Å². The Morgan fingerprint density at radius 1 is 1.42 bits per heavy atom. The number of rotatable bonds is 5. The molecule has 3 rings (SSSR count). The summed E-state index contributed by atoms with van der Waals surface area (Å²) in [5, 5.41) is 3.26. The van der Waals surface area contributed by atoms with E-state index >= 15 is 0 Å². The normalized spacial score (nSPS) is 22.7. The Balaban J connectivity index is 1.99. The fourth-order valence-electron chi connectivity index (χ4n) is 3.75. The fourth-order valence-corrected chi connectivity index (χ4v) is 3.75. The number of nitrogens with one attached hydrogen (secondary N) is 1. The number of furan rings is 1. The van der Waals surface area contributed by atoms with Crippen LogP contribution in [-0.4, -0.2) is 13.0 Å². The summed E-state index contributed by atoms with van der Waals surface area (Å²) in [7, 11) is 1.67. The first-order valence-electron chi connectivity index (χ1n) is 8.57. The van der Waals surface area contributed by atoms with E-state index < -0.39 is 5.54 Å². The highest BCUT2D eigenvalue weighted by atomic mass is 16.5. The molecule has 2 aromatic rings. The Bertz CT molecular complexity index is 708. The molecule has 0 fully saturated rings. The van der Waals surface area contributed by atoms with Crippen LogP contribution in [0.2, 0.25) is 0 Å². The summed E-state index contributed by atoms with van der Waals surface area (Å²) in [6.45, 7) is 4.12. The molecule has 4 nitrogen and oxygen atoms in total. The number of hydrogen-bond donors (Lipinski definition) is 1. The molecule has 4 heteroatoms. The van der Waals surface area contributed by atoms with Gasteiger partial charge in [0.25, 0.3) is 0 Å². The third-order valence-corrected chi connectivity index (χ3v) is 4.87. The third kappa shape index (κ3) is 3.18. The van der Waals surface area contributed by atoms with Gasteiger partial charge in [-0.2, -0.15) is 0 Å². The summed E-state index contributed by atoms with van der Waals surface area (Å²) in [6, 6.07) is 10.1. The first kappa shape index (κ1) is 16.6. The second kappa shape index (κ2) is 6.71. The third-order valence-electron chi connectivity index (χ3n) is 4.87. The van der Waals surface area contributed by atoms with E-state index in [1.54, 1.807) is 13.4 Å². The van der Waals surface area contributed by atoms with Gasteiger partial charge in [0, 0.05) is 12.3 Å². The van der Waals surface area contributed by atoms with Crippen molar-refractivity contribution < 1.29 is 13.9 Å². The van der Waals surface area contributed by atoms with Crippen LogP contribution < -0.4 is 10.1 Å². The maximum absolute atomic E-state index is 12.3. The molecule has 0 aliphatic heterocycles. The summed E-state index contributed by atoms with van der Waals surface area (Å²) < 4.78 is 11.0. The lowest BCUT2D eigenvalue weighted by Gasteiger charge is -2.40. The van der Waals surface area contributed by atoms with Crippen molar-refractivity contribution in [1.82, 2.24) is 5.32 Å². The molecule has 1 N–H and O–H groups in total. The van der Waals surface area contributed by atoms with Crippen molar-refractivity contribution in [1.29, 1.82) is 0 Å². The molecular formula is C20H25NO3. The van der Waals surface area contributed by atoms with Crippen LogP contribution in [0.3, 0.4) is 0 Å². The number of carbonyl (C=O) groups excluding carboxylic acids is 1. The predicted octanol–water partition coefficient (Wildman–Crippen LogP) is 4.15. The molecule has 1 heterocycles. The highest BCUT2D eigenvalue weighted by Gasteiger charge is 2.39. The molecular weight excluding hydrogens is 302 g/mol. The minimum absolute atomic E-state index is 0.0915. The molecule has 1 amide bonds. The van der Waals surface area contributed by atoms with E-state index in [0.29, 0.717) is 6.42 Å². The molecule has 1 aliphatic carbocycles. The summed E-state index contributed by atoms with van der Waals surface area (Å²) in [6.07, 6.45) is 4.82. The summed E-state index contributed by atoms with van der Waals surface area (Å²) in [5.74, 6) is 2.15. The molecule has 1 aromatic heterocycles. The minimum atomic E-state index is -0.425. The summed E-state index contributed by atoms with van der Waals surface area (Å²) in [4.78, 5) is 12.3. The van der Waals surface area contributed by atoms with Crippen molar-refractivity contribution in [2.24, 2.45) is 0 Å². The number of benzene rings is 1. The van der Waals surface area contributed by atoms with Crippen LogP contribution in [0.25, 0.3) is 0 Å². The number of fused-ring (bicyclic) bond motifs is 1. The van der Waals surface area contributed by atoms with Gasteiger partial charge in [0.2, 0.25) is 5.91 Å². The van der Waals surface area contributed by atoms with Gasteiger partial charge < -0.3 is 14.5 Å². The second-order valence-corrected chi connectivity index (χ2v) is 6.77. The highest BCUT2D eigenvalue weighted by Crippen LogP contribution is 2.43. The van der Waals surface area contributed by atoms with Gasteiger partial charge in [-0.25, -0.2) is 0 Å². The van der Waals surface area contributed by atoms with Crippen LogP contribution >= 0.6 is 0 Å². The molecule has 0 saturated carbocycles. The molecule has 0 bridgehead atoms. The maximum atomic E-state index is 12.3. The van der Waals surface area contributed by atoms with Crippen LogP contribution in [0.15, 0.2) is 41.0 Å². The monoisotopic (exact) mass is 327 g/mol. The van der Waals surface area contributed by atoms with Gasteiger partial charge in [0.1, 0.15) is 11.5 Å². The molecule has 24 heavy (non-hydrogen) atoms. The van der Waals surface area contributed by atoms with Crippen molar-refractivity contribution in [3.63, 3.8) is 0 Å². The van der Waals surface area contributed by atoms with E-state index in [0.717, 1.165) is 36.3 Å². The number of methoxy groups -OCH3 is 1. The zero-order chi connectivity index (χ0) is 17.2. The quantitative estimate of drug-likeness (QED) is 0.897. The van der Waals surface area contributed by atoms with Gasteiger partial charge in [-0.05, 0) is 61.6 Å². The van der Waals surface area contributed by atoms with Crippen molar-refractivity contribution in [3.8, 4) is 5.75 Å². The highest BCUT2D eigenvalue weighted by molar-refractivity contribution is 5.77. The van der Waals surface area contributed by atoms with E-state index in [2.05, 4.69) is 24.4 Å². The van der Waals surface area contributed by atoms with Gasteiger partial charge >= 0.3 is 0 Å². The fraction of sp³-hybridized carbons (Fsp3) is 0.450. The van der Waals surface area contributed by atoms with Gasteiger partial charge in [0.05, 0.1) is 18.9 Å². The molecule has 2 atom stereocenters. The van der Waals surface area contributed by atoms with Crippen LogP contribution in [0.4, 0.5) is 0 Å². The van der Waals surface area contributed by atoms with Gasteiger partial charge in [0.15, 0.2) is 0 Å². The molecule has 0 saturated heterocycles. The number of ether oxygens (including phenoxy) is 1. The molecule has 0 spiro atoms. The van der Waals surface area contributed by atoms with Crippen LogP contribution in [0.1, 0.15) is 55.9 Å². The van der Waals surface area contributed by atoms with E-state index in [1.807, 2.05) is 25.1 Å². The van der Waals surface area contributed by atoms with Crippen LogP contribution in [0, 0.1) is 0 Å². The minimum Gasteiger partial charge on any atom is -0.497 e. The van der Waals surface area contributed by atoms with Gasteiger partial charge in [-0.3, -0.25) is 4.79 Å². The lowest BCUT2D eigenvalue weighted by atomic mass is 9.71.